The Balaban J connectivity index is 2.32. The number of hydrogen-bond donors (Lipinski definition) is 1. The van der Waals surface area contributed by atoms with E-state index in [9.17, 15) is 4.79 Å². The van der Waals surface area contributed by atoms with E-state index in [2.05, 4.69) is 11.4 Å². The lowest BCUT2D eigenvalue weighted by Crippen LogP contribution is -2.32. The second kappa shape index (κ2) is 7.34. The van der Waals surface area contributed by atoms with Crippen LogP contribution in [0.25, 0.3) is 6.08 Å². The minimum atomic E-state index is -0.475. The largest absolute Gasteiger partial charge is 0.444 e. The van der Waals surface area contributed by atoms with Gasteiger partial charge in [0, 0.05) is 6.54 Å². The maximum Gasteiger partial charge on any atom is 0.407 e. The molecule has 0 saturated carbocycles. The van der Waals surface area contributed by atoms with Crippen LogP contribution in [0.2, 0.25) is 0 Å². The summed E-state index contributed by atoms with van der Waals surface area (Å²) in [6.45, 7) is 6.00. The van der Waals surface area contributed by atoms with E-state index >= 15 is 0 Å². The summed E-state index contributed by atoms with van der Waals surface area (Å²) >= 11 is 0. The van der Waals surface area contributed by atoms with Gasteiger partial charge in [-0.1, -0.05) is 24.3 Å². The average molecular weight is 272 g/mol. The first-order chi connectivity index (χ1) is 9.40. The number of hydrogen-bond acceptors (Lipinski definition) is 3. The van der Waals surface area contributed by atoms with Gasteiger partial charge in [-0.2, -0.15) is 5.26 Å². The molecule has 106 valence electrons. The van der Waals surface area contributed by atoms with Crippen LogP contribution in [0.15, 0.2) is 30.3 Å². The van der Waals surface area contributed by atoms with Crippen molar-refractivity contribution in [1.82, 2.24) is 5.32 Å². The van der Waals surface area contributed by atoms with Crippen LogP contribution >= 0.6 is 0 Å². The number of amides is 1. The van der Waals surface area contributed by atoms with Gasteiger partial charge in [0.25, 0.3) is 0 Å². The van der Waals surface area contributed by atoms with Gasteiger partial charge >= 0.3 is 6.09 Å². The Morgan fingerprint density at radius 3 is 2.85 bits per heavy atom. The van der Waals surface area contributed by atoms with Crippen LogP contribution < -0.4 is 5.32 Å². The van der Waals surface area contributed by atoms with Crippen LogP contribution in [0.5, 0.6) is 0 Å². The summed E-state index contributed by atoms with van der Waals surface area (Å²) in [5.74, 6) is 0. The Kier molecular flexibility index (Phi) is 5.79. The van der Waals surface area contributed by atoms with Gasteiger partial charge in [0.05, 0.1) is 11.6 Å². The highest BCUT2D eigenvalue weighted by Gasteiger charge is 2.14. The minimum absolute atomic E-state index is 0.405. The number of alkyl carbamates (subject to hydrolysis) is 1. The van der Waals surface area contributed by atoms with Crippen molar-refractivity contribution in [3.05, 3.63) is 41.5 Å². The van der Waals surface area contributed by atoms with E-state index in [-0.39, 0.29) is 0 Å². The van der Waals surface area contributed by atoms with Crippen molar-refractivity contribution in [1.29, 1.82) is 5.26 Å². The number of carbonyl (C=O) groups excluding carboxylic acids is 1. The summed E-state index contributed by atoms with van der Waals surface area (Å²) in [7, 11) is 0. The Labute approximate surface area is 120 Å². The van der Waals surface area contributed by atoms with E-state index in [1.165, 1.54) is 0 Å². The zero-order chi connectivity index (χ0) is 15.0. The number of nitriles is 1. The van der Waals surface area contributed by atoms with Gasteiger partial charge in [0.2, 0.25) is 0 Å². The van der Waals surface area contributed by atoms with Crippen molar-refractivity contribution in [3.8, 4) is 6.07 Å². The van der Waals surface area contributed by atoms with Crippen LogP contribution in [0.1, 0.15) is 38.3 Å². The van der Waals surface area contributed by atoms with Crippen molar-refractivity contribution < 1.29 is 9.53 Å². The zero-order valence-electron chi connectivity index (χ0n) is 12.1. The molecule has 1 amide bonds. The van der Waals surface area contributed by atoms with Crippen LogP contribution in [0.3, 0.4) is 0 Å². The predicted octanol–water partition coefficient (Wildman–Crippen LogP) is 3.49. The Morgan fingerprint density at radius 1 is 1.45 bits per heavy atom. The highest BCUT2D eigenvalue weighted by Crippen LogP contribution is 2.07. The molecule has 1 N–H and O–H groups in total. The number of nitrogens with one attached hydrogen (secondary N) is 1. The number of carbonyl (C=O) groups is 1. The number of benzene rings is 1. The van der Waals surface area contributed by atoms with E-state index in [0.29, 0.717) is 18.5 Å². The molecule has 0 spiro atoms. The number of rotatable bonds is 4. The summed E-state index contributed by atoms with van der Waals surface area (Å²) in [4.78, 5) is 11.4. The van der Waals surface area contributed by atoms with Crippen molar-refractivity contribution in [2.75, 3.05) is 6.54 Å². The van der Waals surface area contributed by atoms with Gasteiger partial charge in [-0.25, -0.2) is 4.79 Å². The van der Waals surface area contributed by atoms with Gasteiger partial charge in [0.1, 0.15) is 5.60 Å². The molecule has 0 aliphatic rings. The third-order valence-corrected chi connectivity index (χ3v) is 2.31. The quantitative estimate of drug-likeness (QED) is 0.853. The van der Waals surface area contributed by atoms with Gasteiger partial charge in [-0.15, -0.1) is 0 Å². The molecule has 0 aromatic heterocycles. The van der Waals surface area contributed by atoms with Crippen LogP contribution in [-0.2, 0) is 4.74 Å². The van der Waals surface area contributed by atoms with Gasteiger partial charge in [-0.05, 0) is 44.9 Å². The highest BCUT2D eigenvalue weighted by molar-refractivity contribution is 5.67. The zero-order valence-corrected chi connectivity index (χ0v) is 12.1. The maximum atomic E-state index is 11.4. The second-order valence-electron chi connectivity index (χ2n) is 5.36. The maximum absolute atomic E-state index is 11.4. The third-order valence-electron chi connectivity index (χ3n) is 2.31. The topological polar surface area (TPSA) is 62.1 Å². The standard InChI is InChI=1S/C16H20N2O2/c1-16(2,3)20-15(19)18-10-5-4-7-13-8-6-9-14(11-13)12-17/h4,6-9,11H,5,10H2,1-3H3,(H,18,19). The molecule has 0 saturated heterocycles. The van der Waals surface area contributed by atoms with Gasteiger partial charge in [0.15, 0.2) is 0 Å². The molecule has 20 heavy (non-hydrogen) atoms. The fraction of sp³-hybridized carbons (Fsp3) is 0.375. The Hall–Kier alpha value is -2.28. The molecule has 0 heterocycles. The molecular weight excluding hydrogens is 252 g/mol. The summed E-state index contributed by atoms with van der Waals surface area (Å²) in [6, 6.07) is 9.45. The van der Waals surface area contributed by atoms with Crippen molar-refractivity contribution in [2.24, 2.45) is 0 Å². The van der Waals surface area contributed by atoms with Crippen molar-refractivity contribution >= 4 is 12.2 Å². The summed E-state index contributed by atoms with van der Waals surface area (Å²) in [5, 5.41) is 11.5. The second-order valence-corrected chi connectivity index (χ2v) is 5.36. The van der Waals surface area contributed by atoms with E-state index < -0.39 is 11.7 Å². The minimum Gasteiger partial charge on any atom is -0.444 e. The fourth-order valence-corrected chi connectivity index (χ4v) is 1.50. The Bertz CT molecular complexity index is 522. The molecule has 0 unspecified atom stereocenters. The fourth-order valence-electron chi connectivity index (χ4n) is 1.50. The molecule has 0 aliphatic carbocycles. The van der Waals surface area contributed by atoms with Crippen LogP contribution in [0, 0.1) is 11.3 Å². The predicted molar refractivity (Wildman–Crippen MR) is 79.0 cm³/mol. The lowest BCUT2D eigenvalue weighted by molar-refractivity contribution is 0.0529. The first kappa shape index (κ1) is 15.8. The molecular formula is C16H20N2O2. The molecule has 0 atom stereocenters. The molecule has 4 nitrogen and oxygen atoms in total. The Morgan fingerprint density at radius 2 is 2.20 bits per heavy atom. The molecule has 0 aliphatic heterocycles. The van der Waals surface area contributed by atoms with Gasteiger partial charge < -0.3 is 10.1 Å². The van der Waals surface area contributed by atoms with E-state index in [1.54, 1.807) is 6.07 Å². The molecule has 1 rings (SSSR count). The smallest absolute Gasteiger partial charge is 0.407 e. The third kappa shape index (κ3) is 6.60. The first-order valence-corrected chi connectivity index (χ1v) is 6.54. The summed E-state index contributed by atoms with van der Waals surface area (Å²) in [5.41, 5.74) is 1.14. The molecule has 0 bridgehead atoms. The lowest BCUT2D eigenvalue weighted by atomic mass is 10.1. The van der Waals surface area contributed by atoms with E-state index in [1.807, 2.05) is 51.1 Å². The van der Waals surface area contributed by atoms with Gasteiger partial charge in [-0.3, -0.25) is 0 Å². The van der Waals surface area contributed by atoms with Crippen molar-refractivity contribution in [3.63, 3.8) is 0 Å². The highest BCUT2D eigenvalue weighted by atomic mass is 16.6. The molecule has 1 aromatic rings. The number of ether oxygens (including phenoxy) is 1. The molecule has 0 fully saturated rings. The van der Waals surface area contributed by atoms with Crippen LogP contribution in [0.4, 0.5) is 4.79 Å². The van der Waals surface area contributed by atoms with Crippen LogP contribution in [-0.4, -0.2) is 18.2 Å². The van der Waals surface area contributed by atoms with E-state index in [4.69, 9.17) is 10.00 Å². The summed E-state index contributed by atoms with van der Waals surface area (Å²) in [6.07, 6.45) is 4.18. The van der Waals surface area contributed by atoms with E-state index in [0.717, 1.165) is 5.56 Å². The number of nitrogens with zero attached hydrogens (tertiary/aromatic N) is 1. The molecule has 0 radical (unpaired) electrons. The summed E-state index contributed by atoms with van der Waals surface area (Å²) < 4.78 is 5.12. The molecule has 1 aromatic carbocycles. The average Bonchev–Trinajstić information content (AvgIpc) is 2.36. The van der Waals surface area contributed by atoms with Crippen molar-refractivity contribution in [2.45, 2.75) is 32.8 Å². The lowest BCUT2D eigenvalue weighted by Gasteiger charge is -2.19. The first-order valence-electron chi connectivity index (χ1n) is 6.54. The molecule has 4 heteroatoms. The SMILES string of the molecule is CC(C)(C)OC(=O)NCCC=Cc1cccc(C#N)c1. The monoisotopic (exact) mass is 272 g/mol. The normalized spacial score (nSPS) is 11.1.